The minimum absolute atomic E-state index is 0.246. The van der Waals surface area contributed by atoms with Crippen LogP contribution < -0.4 is 0 Å². The predicted octanol–water partition coefficient (Wildman–Crippen LogP) is 2.30. The van der Waals surface area contributed by atoms with Gasteiger partial charge in [0, 0.05) is 26.2 Å². The summed E-state index contributed by atoms with van der Waals surface area (Å²) in [5.41, 5.74) is 1.23. The fourth-order valence-corrected chi connectivity index (χ4v) is 2.47. The summed E-state index contributed by atoms with van der Waals surface area (Å²) in [6.07, 6.45) is 4.15. The molecule has 1 heterocycles. The van der Waals surface area contributed by atoms with Crippen LogP contribution in [0, 0.1) is 0 Å². The van der Waals surface area contributed by atoms with E-state index in [-0.39, 0.29) is 5.91 Å². The zero-order valence-corrected chi connectivity index (χ0v) is 11.4. The second-order valence-electron chi connectivity index (χ2n) is 5.03. The highest BCUT2D eigenvalue weighted by molar-refractivity contribution is 5.78. The van der Waals surface area contributed by atoms with E-state index in [4.69, 9.17) is 0 Å². The molecule has 0 spiro atoms. The van der Waals surface area contributed by atoms with Gasteiger partial charge in [-0.3, -0.25) is 9.69 Å². The Morgan fingerprint density at radius 1 is 1.26 bits per heavy atom. The van der Waals surface area contributed by atoms with Crippen LogP contribution in [-0.2, 0) is 11.3 Å². The van der Waals surface area contributed by atoms with E-state index in [1.807, 2.05) is 29.2 Å². The quantitative estimate of drug-likeness (QED) is 0.731. The first-order valence-corrected chi connectivity index (χ1v) is 6.94. The molecular formula is C16H22N2O. The lowest BCUT2D eigenvalue weighted by Crippen LogP contribution is -2.38. The molecule has 0 saturated carbocycles. The normalized spacial score (nSPS) is 14.9. The summed E-state index contributed by atoms with van der Waals surface area (Å²) in [4.78, 5) is 16.3. The van der Waals surface area contributed by atoms with E-state index >= 15 is 0 Å². The third kappa shape index (κ3) is 4.21. The molecule has 0 atom stereocenters. The van der Waals surface area contributed by atoms with Crippen LogP contribution >= 0.6 is 0 Å². The highest BCUT2D eigenvalue weighted by atomic mass is 16.2. The molecule has 0 bridgehead atoms. The summed E-state index contributed by atoms with van der Waals surface area (Å²) < 4.78 is 0. The van der Waals surface area contributed by atoms with Crippen molar-refractivity contribution in [2.24, 2.45) is 0 Å². The van der Waals surface area contributed by atoms with Gasteiger partial charge in [0.25, 0.3) is 0 Å². The molecule has 1 aromatic carbocycles. The first-order valence-electron chi connectivity index (χ1n) is 6.94. The average molecular weight is 258 g/mol. The monoisotopic (exact) mass is 258 g/mol. The van der Waals surface area contributed by atoms with Gasteiger partial charge in [0.1, 0.15) is 0 Å². The maximum absolute atomic E-state index is 12.2. The van der Waals surface area contributed by atoms with Crippen molar-refractivity contribution in [3.63, 3.8) is 0 Å². The molecule has 0 unspecified atom stereocenters. The number of rotatable bonds is 6. The van der Waals surface area contributed by atoms with Gasteiger partial charge < -0.3 is 4.90 Å². The number of benzene rings is 1. The number of carbonyl (C=O) groups excluding carboxylic acids is 1. The van der Waals surface area contributed by atoms with Gasteiger partial charge in [-0.05, 0) is 18.4 Å². The Balaban J connectivity index is 1.91. The molecule has 0 radical (unpaired) electrons. The minimum Gasteiger partial charge on any atom is -0.342 e. The third-order valence-corrected chi connectivity index (χ3v) is 3.45. The van der Waals surface area contributed by atoms with Gasteiger partial charge in [0.2, 0.25) is 5.91 Å². The summed E-state index contributed by atoms with van der Waals surface area (Å²) in [5, 5.41) is 0. The van der Waals surface area contributed by atoms with Crippen LogP contribution in [-0.4, -0.2) is 41.9 Å². The Morgan fingerprint density at radius 2 is 1.95 bits per heavy atom. The molecule has 1 fully saturated rings. The number of amides is 1. The van der Waals surface area contributed by atoms with Gasteiger partial charge in [-0.1, -0.05) is 36.4 Å². The number of hydrogen-bond donors (Lipinski definition) is 0. The van der Waals surface area contributed by atoms with Crippen molar-refractivity contribution in [3.8, 4) is 0 Å². The van der Waals surface area contributed by atoms with Crippen molar-refractivity contribution in [3.05, 3.63) is 48.6 Å². The third-order valence-electron chi connectivity index (χ3n) is 3.45. The Hall–Kier alpha value is -1.61. The highest BCUT2D eigenvalue weighted by Crippen LogP contribution is 2.10. The van der Waals surface area contributed by atoms with Crippen LogP contribution in [0.25, 0.3) is 0 Å². The molecule has 2 rings (SSSR count). The maximum Gasteiger partial charge on any atom is 0.236 e. The molecule has 1 aliphatic rings. The first-order chi connectivity index (χ1) is 9.29. The van der Waals surface area contributed by atoms with Gasteiger partial charge in [-0.2, -0.15) is 0 Å². The largest absolute Gasteiger partial charge is 0.342 e. The lowest BCUT2D eigenvalue weighted by Gasteiger charge is -2.23. The lowest BCUT2D eigenvalue weighted by atomic mass is 10.2. The van der Waals surface area contributed by atoms with Gasteiger partial charge >= 0.3 is 0 Å². The van der Waals surface area contributed by atoms with E-state index in [1.165, 1.54) is 5.56 Å². The minimum atomic E-state index is 0.246. The van der Waals surface area contributed by atoms with Crippen molar-refractivity contribution < 1.29 is 4.79 Å². The maximum atomic E-state index is 12.2. The standard InChI is InChI=1S/C16H22N2O/c1-2-10-17(13-15-8-4-3-5-9-15)14-16(19)18-11-6-7-12-18/h2-5,8-9H,1,6-7,10-14H2. The Kier molecular flexibility index (Phi) is 5.16. The number of likely N-dealkylation sites (tertiary alicyclic amines) is 1. The van der Waals surface area contributed by atoms with Gasteiger partial charge in [0.05, 0.1) is 6.54 Å². The van der Waals surface area contributed by atoms with Gasteiger partial charge in [-0.25, -0.2) is 0 Å². The fraction of sp³-hybridized carbons (Fsp3) is 0.438. The molecule has 0 aliphatic carbocycles. The summed E-state index contributed by atoms with van der Waals surface area (Å²) in [6.45, 7) is 7.66. The molecule has 0 N–H and O–H groups in total. The second kappa shape index (κ2) is 7.10. The highest BCUT2D eigenvalue weighted by Gasteiger charge is 2.19. The van der Waals surface area contributed by atoms with E-state index in [0.29, 0.717) is 6.54 Å². The lowest BCUT2D eigenvalue weighted by molar-refractivity contribution is -0.131. The summed E-state index contributed by atoms with van der Waals surface area (Å²) >= 11 is 0. The second-order valence-corrected chi connectivity index (χ2v) is 5.03. The molecule has 19 heavy (non-hydrogen) atoms. The Morgan fingerprint density at radius 3 is 2.58 bits per heavy atom. The van der Waals surface area contributed by atoms with Crippen LogP contribution in [0.15, 0.2) is 43.0 Å². The summed E-state index contributed by atoms with van der Waals surface area (Å²) in [6, 6.07) is 10.3. The van der Waals surface area contributed by atoms with Crippen molar-refractivity contribution in [1.82, 2.24) is 9.80 Å². The van der Waals surface area contributed by atoms with E-state index in [0.717, 1.165) is 39.0 Å². The zero-order valence-electron chi connectivity index (χ0n) is 11.4. The number of hydrogen-bond acceptors (Lipinski definition) is 2. The molecule has 1 amide bonds. The molecule has 0 aromatic heterocycles. The predicted molar refractivity (Wildman–Crippen MR) is 77.7 cm³/mol. The molecule has 3 heteroatoms. The van der Waals surface area contributed by atoms with E-state index in [1.54, 1.807) is 0 Å². The van der Waals surface area contributed by atoms with Gasteiger partial charge in [-0.15, -0.1) is 6.58 Å². The molecule has 3 nitrogen and oxygen atoms in total. The SMILES string of the molecule is C=CCN(CC(=O)N1CCCC1)Cc1ccccc1. The van der Waals surface area contributed by atoms with Crippen LogP contribution in [0.2, 0.25) is 0 Å². The topological polar surface area (TPSA) is 23.6 Å². The average Bonchev–Trinajstić information content (AvgIpc) is 2.94. The van der Waals surface area contributed by atoms with Crippen LogP contribution in [0.5, 0.6) is 0 Å². The fourth-order valence-electron chi connectivity index (χ4n) is 2.47. The molecule has 1 aromatic rings. The van der Waals surface area contributed by atoms with Crippen molar-refractivity contribution in [2.45, 2.75) is 19.4 Å². The zero-order chi connectivity index (χ0) is 13.5. The van der Waals surface area contributed by atoms with Crippen molar-refractivity contribution in [2.75, 3.05) is 26.2 Å². The van der Waals surface area contributed by atoms with Crippen LogP contribution in [0.4, 0.5) is 0 Å². The van der Waals surface area contributed by atoms with E-state index in [2.05, 4.69) is 23.6 Å². The molecule has 102 valence electrons. The molecule has 1 aliphatic heterocycles. The van der Waals surface area contributed by atoms with E-state index < -0.39 is 0 Å². The molecule has 1 saturated heterocycles. The van der Waals surface area contributed by atoms with Gasteiger partial charge in [0.15, 0.2) is 0 Å². The van der Waals surface area contributed by atoms with Crippen LogP contribution in [0.3, 0.4) is 0 Å². The van der Waals surface area contributed by atoms with Crippen molar-refractivity contribution in [1.29, 1.82) is 0 Å². The summed E-state index contributed by atoms with van der Waals surface area (Å²) in [7, 11) is 0. The van der Waals surface area contributed by atoms with E-state index in [9.17, 15) is 4.79 Å². The number of carbonyl (C=O) groups is 1. The smallest absolute Gasteiger partial charge is 0.236 e. The van der Waals surface area contributed by atoms with Crippen LogP contribution in [0.1, 0.15) is 18.4 Å². The first kappa shape index (κ1) is 13.8. The number of nitrogens with zero attached hydrogens (tertiary/aromatic N) is 2. The Bertz CT molecular complexity index is 410. The Labute approximate surface area is 115 Å². The summed E-state index contributed by atoms with van der Waals surface area (Å²) in [5.74, 6) is 0.246. The molecular weight excluding hydrogens is 236 g/mol. The van der Waals surface area contributed by atoms with Crippen molar-refractivity contribution >= 4 is 5.91 Å².